The average Bonchev–Trinajstić information content (AvgIpc) is 2.39. The van der Waals surface area contributed by atoms with Crippen molar-refractivity contribution in [2.24, 2.45) is 5.92 Å². The Morgan fingerprint density at radius 3 is 2.42 bits per heavy atom. The summed E-state index contributed by atoms with van der Waals surface area (Å²) in [6.07, 6.45) is 6.19. The summed E-state index contributed by atoms with van der Waals surface area (Å²) in [6, 6.07) is 0. The zero-order valence-electron chi connectivity index (χ0n) is 13.7. The lowest BCUT2D eigenvalue weighted by Crippen LogP contribution is -2.22. The van der Waals surface area contributed by atoms with E-state index in [4.69, 9.17) is 4.74 Å². The Bertz CT molecular complexity index is 180. The first-order valence-electron chi connectivity index (χ1n) is 8.13. The van der Waals surface area contributed by atoms with Gasteiger partial charge in [-0.1, -0.05) is 20.8 Å². The van der Waals surface area contributed by atoms with Gasteiger partial charge in [-0.25, -0.2) is 0 Å². The Kier molecular flexibility index (Phi) is 14.2. The van der Waals surface area contributed by atoms with Gasteiger partial charge in [-0.3, -0.25) is 0 Å². The molecule has 0 aromatic carbocycles. The second-order valence-electron chi connectivity index (χ2n) is 5.86. The summed E-state index contributed by atoms with van der Waals surface area (Å²) >= 11 is 0. The van der Waals surface area contributed by atoms with E-state index in [1.165, 1.54) is 32.2 Å². The molecule has 1 N–H and O–H groups in total. The molecule has 0 radical (unpaired) electrons. The van der Waals surface area contributed by atoms with E-state index in [9.17, 15) is 0 Å². The zero-order valence-corrected chi connectivity index (χ0v) is 13.7. The predicted molar refractivity (Wildman–Crippen MR) is 86.9 cm³/mol. The predicted octanol–water partition coefficient (Wildman–Crippen LogP) is 3.40. The number of ether oxygens (including phenoxy) is 1. The van der Waals surface area contributed by atoms with Crippen molar-refractivity contribution in [3.05, 3.63) is 0 Å². The van der Waals surface area contributed by atoms with E-state index in [1.807, 2.05) is 0 Å². The largest absolute Gasteiger partial charge is 0.381 e. The van der Waals surface area contributed by atoms with E-state index in [0.29, 0.717) is 0 Å². The Morgan fingerprint density at radius 2 is 1.74 bits per heavy atom. The smallest absolute Gasteiger partial charge is 0.0478 e. The molecule has 3 heteroatoms. The minimum Gasteiger partial charge on any atom is -0.381 e. The second kappa shape index (κ2) is 14.3. The van der Waals surface area contributed by atoms with Crippen LogP contribution >= 0.6 is 0 Å². The van der Waals surface area contributed by atoms with Crippen LogP contribution in [0.15, 0.2) is 0 Å². The van der Waals surface area contributed by atoms with Gasteiger partial charge in [-0.2, -0.15) is 0 Å². The van der Waals surface area contributed by atoms with Gasteiger partial charge < -0.3 is 15.0 Å². The lowest BCUT2D eigenvalue weighted by molar-refractivity contribution is 0.125. The minimum absolute atomic E-state index is 0. The van der Waals surface area contributed by atoms with Crippen molar-refractivity contribution < 1.29 is 6.16 Å². The van der Waals surface area contributed by atoms with E-state index >= 15 is 0 Å². The van der Waals surface area contributed by atoms with Gasteiger partial charge in [0, 0.05) is 14.6 Å². The van der Waals surface area contributed by atoms with Gasteiger partial charge in [-0.15, -0.1) is 0 Å². The summed E-state index contributed by atoms with van der Waals surface area (Å²) in [5.41, 5.74) is 0. The number of nitrogens with zero attached hydrogens (tertiary/aromatic N) is 1. The van der Waals surface area contributed by atoms with Crippen molar-refractivity contribution in [2.45, 2.75) is 52.9 Å². The molecule has 3 nitrogen and oxygen atoms in total. The molecule has 0 saturated carbocycles. The molecule has 0 saturated heterocycles. The normalized spacial score (nSPS) is 11.7. The van der Waals surface area contributed by atoms with E-state index < -0.39 is 0 Å². The van der Waals surface area contributed by atoms with Crippen LogP contribution in [0.3, 0.4) is 0 Å². The van der Waals surface area contributed by atoms with Crippen molar-refractivity contribution >= 4 is 0 Å². The van der Waals surface area contributed by atoms with Gasteiger partial charge in [-0.05, 0) is 71.2 Å². The topological polar surface area (TPSA) is 24.5 Å². The van der Waals surface area contributed by atoms with Crippen molar-refractivity contribution in [1.29, 1.82) is 0 Å². The van der Waals surface area contributed by atoms with Crippen molar-refractivity contribution in [3.63, 3.8) is 0 Å². The summed E-state index contributed by atoms with van der Waals surface area (Å²) in [7, 11) is 2.18. The third-order valence-corrected chi connectivity index (χ3v) is 3.40. The third kappa shape index (κ3) is 15.8. The van der Waals surface area contributed by atoms with Crippen LogP contribution in [0, 0.1) is 5.92 Å². The van der Waals surface area contributed by atoms with Crippen molar-refractivity contribution in [1.82, 2.24) is 10.2 Å². The molecule has 0 atom stereocenters. The Balaban J connectivity index is 0. The van der Waals surface area contributed by atoms with Crippen molar-refractivity contribution in [3.8, 4) is 0 Å². The second-order valence-corrected chi connectivity index (χ2v) is 5.86. The maximum Gasteiger partial charge on any atom is 0.0478 e. The van der Waals surface area contributed by atoms with Gasteiger partial charge in [0.2, 0.25) is 0 Å². The molecule has 19 heavy (non-hydrogen) atoms. The van der Waals surface area contributed by atoms with E-state index in [1.54, 1.807) is 0 Å². The van der Waals surface area contributed by atoms with Crippen LogP contribution in [-0.4, -0.2) is 51.3 Å². The summed E-state index contributed by atoms with van der Waals surface area (Å²) in [5.74, 6) is 0.803. The quantitative estimate of drug-likeness (QED) is 0.491. The van der Waals surface area contributed by atoms with Crippen LogP contribution in [-0.2, 0) is 4.74 Å². The highest BCUT2D eigenvalue weighted by atomic mass is 16.5. The monoisotopic (exact) mass is 274 g/mol. The Morgan fingerprint density at radius 1 is 1.05 bits per heavy atom. The molecule has 118 valence electrons. The molecule has 0 aliphatic rings. The first-order chi connectivity index (χ1) is 9.16. The number of hydrogen-bond acceptors (Lipinski definition) is 3. The van der Waals surface area contributed by atoms with Gasteiger partial charge in [0.25, 0.3) is 0 Å². The zero-order chi connectivity index (χ0) is 14.3. The number of nitrogens with one attached hydrogen (secondary N) is 1. The fourth-order valence-electron chi connectivity index (χ4n) is 1.91. The molecule has 0 bridgehead atoms. The number of hydrogen-bond donors (Lipinski definition) is 1. The highest BCUT2D eigenvalue weighted by molar-refractivity contribution is 4.52. The maximum atomic E-state index is 5.61. The highest BCUT2D eigenvalue weighted by Gasteiger charge is 1.95. The molecular formula is C16H38N2O. The van der Waals surface area contributed by atoms with E-state index in [0.717, 1.165) is 45.2 Å². The van der Waals surface area contributed by atoms with E-state index in [-0.39, 0.29) is 1.43 Å². The molecule has 0 aliphatic carbocycles. The number of unbranched alkanes of at least 4 members (excludes halogenated alkanes) is 1. The van der Waals surface area contributed by atoms with Gasteiger partial charge in [0.1, 0.15) is 0 Å². The lowest BCUT2D eigenvalue weighted by Gasteiger charge is -2.13. The third-order valence-electron chi connectivity index (χ3n) is 3.40. The minimum atomic E-state index is 0. The van der Waals surface area contributed by atoms with Crippen LogP contribution in [0.2, 0.25) is 0 Å². The fraction of sp³-hybridized carbons (Fsp3) is 1.00. The Labute approximate surface area is 122 Å². The molecule has 0 rings (SSSR count). The molecular weight excluding hydrogens is 236 g/mol. The summed E-state index contributed by atoms with van der Waals surface area (Å²) in [4.78, 5) is 2.37. The molecule has 0 amide bonds. The van der Waals surface area contributed by atoms with Gasteiger partial charge in [0.15, 0.2) is 0 Å². The van der Waals surface area contributed by atoms with Crippen LogP contribution < -0.4 is 5.32 Å². The maximum absolute atomic E-state index is 5.61. The molecule has 0 spiro atoms. The molecule has 0 fully saturated rings. The van der Waals surface area contributed by atoms with Crippen LogP contribution in [0.5, 0.6) is 0 Å². The van der Waals surface area contributed by atoms with Crippen LogP contribution in [0.4, 0.5) is 0 Å². The summed E-state index contributed by atoms with van der Waals surface area (Å²) in [5, 5.41) is 3.49. The standard InChI is InChI=1S/C16H36N2O.H2/c1-5-18(4)13-7-6-11-17-12-9-15-19-14-8-10-16(2)3;/h16-17H,5-15H2,1-4H3;1H. The Hall–Kier alpha value is -0.120. The molecule has 0 aliphatic heterocycles. The lowest BCUT2D eigenvalue weighted by atomic mass is 10.1. The first kappa shape index (κ1) is 18.9. The SMILES string of the molecule is CCN(C)CCCCNCCCOCCCC(C)C.[HH]. The molecule has 0 unspecified atom stereocenters. The fourth-order valence-corrected chi connectivity index (χ4v) is 1.91. The summed E-state index contributed by atoms with van der Waals surface area (Å²) in [6.45, 7) is 13.2. The van der Waals surface area contributed by atoms with Gasteiger partial charge in [0.05, 0.1) is 0 Å². The first-order valence-corrected chi connectivity index (χ1v) is 8.13. The molecule has 0 aromatic rings. The van der Waals surface area contributed by atoms with Crippen LogP contribution in [0.25, 0.3) is 0 Å². The number of rotatable bonds is 14. The highest BCUT2D eigenvalue weighted by Crippen LogP contribution is 2.03. The van der Waals surface area contributed by atoms with Crippen molar-refractivity contribution in [2.75, 3.05) is 46.4 Å². The van der Waals surface area contributed by atoms with E-state index in [2.05, 4.69) is 38.0 Å². The van der Waals surface area contributed by atoms with Gasteiger partial charge >= 0.3 is 0 Å². The van der Waals surface area contributed by atoms with Crippen LogP contribution in [0.1, 0.15) is 54.3 Å². The molecule has 0 heterocycles. The summed E-state index contributed by atoms with van der Waals surface area (Å²) < 4.78 is 5.61. The average molecular weight is 274 g/mol. The molecule has 0 aromatic heterocycles.